The quantitative estimate of drug-likeness (QED) is 0.791. The molecule has 3 aromatic rings. The Kier molecular flexibility index (Phi) is 4.44. The van der Waals surface area contributed by atoms with Gasteiger partial charge in [-0.3, -0.25) is 14.2 Å². The molecule has 1 aromatic carbocycles. The van der Waals surface area contributed by atoms with Gasteiger partial charge in [-0.25, -0.2) is 4.98 Å². The topological polar surface area (TPSA) is 77.1 Å². The fourth-order valence-corrected chi connectivity index (χ4v) is 2.82. The van der Waals surface area contributed by atoms with Crippen LogP contribution < -0.4 is 10.9 Å². The van der Waals surface area contributed by atoms with E-state index in [-0.39, 0.29) is 24.4 Å². The molecule has 0 unspecified atom stereocenters. The maximum Gasteiger partial charge on any atom is 0.264 e. The van der Waals surface area contributed by atoms with Crippen molar-refractivity contribution in [2.75, 3.05) is 5.32 Å². The minimum Gasteiger partial charge on any atom is -0.443 e. The number of amides is 1. The number of aryl methyl sites for hydroxylation is 5. The summed E-state index contributed by atoms with van der Waals surface area (Å²) in [4.78, 5) is 28.9. The van der Waals surface area contributed by atoms with Crippen molar-refractivity contribution < 1.29 is 9.21 Å². The third kappa shape index (κ3) is 3.33. The van der Waals surface area contributed by atoms with E-state index in [1.54, 1.807) is 6.92 Å². The van der Waals surface area contributed by atoms with E-state index in [1.165, 1.54) is 10.9 Å². The van der Waals surface area contributed by atoms with Crippen LogP contribution in [0.4, 0.5) is 5.69 Å². The summed E-state index contributed by atoms with van der Waals surface area (Å²) >= 11 is 0. The van der Waals surface area contributed by atoms with E-state index < -0.39 is 0 Å². The molecule has 2 aromatic heterocycles. The summed E-state index contributed by atoms with van der Waals surface area (Å²) in [5.74, 6) is 0.545. The Morgan fingerprint density at radius 1 is 1.24 bits per heavy atom. The van der Waals surface area contributed by atoms with Crippen molar-refractivity contribution in [1.29, 1.82) is 0 Å². The van der Waals surface area contributed by atoms with Crippen LogP contribution in [0, 0.1) is 27.7 Å². The van der Waals surface area contributed by atoms with Crippen LogP contribution in [0.15, 0.2) is 33.7 Å². The van der Waals surface area contributed by atoms with E-state index in [1.807, 2.05) is 39.0 Å². The summed E-state index contributed by atoms with van der Waals surface area (Å²) in [7, 11) is 0. The van der Waals surface area contributed by atoms with Crippen molar-refractivity contribution in [2.45, 2.75) is 40.7 Å². The molecule has 1 N–H and O–H groups in total. The molecule has 0 aliphatic rings. The predicted molar refractivity (Wildman–Crippen MR) is 96.9 cm³/mol. The molecule has 0 aliphatic carbocycles. The highest BCUT2D eigenvalue weighted by atomic mass is 16.3. The molecule has 25 heavy (non-hydrogen) atoms. The van der Waals surface area contributed by atoms with Gasteiger partial charge in [-0.15, -0.1) is 0 Å². The highest BCUT2D eigenvalue weighted by Gasteiger charge is 2.14. The Morgan fingerprint density at radius 2 is 2.00 bits per heavy atom. The van der Waals surface area contributed by atoms with Crippen molar-refractivity contribution in [1.82, 2.24) is 9.55 Å². The summed E-state index contributed by atoms with van der Waals surface area (Å²) in [5, 5.41) is 3.37. The molecular weight excluding hydrogens is 318 g/mol. The lowest BCUT2D eigenvalue weighted by atomic mass is 10.1. The molecule has 6 heteroatoms. The minimum absolute atomic E-state index is 0.140. The van der Waals surface area contributed by atoms with Crippen LogP contribution in [0.1, 0.15) is 28.9 Å². The SMILES string of the molecule is Cc1ccc(NC(=O)CCn2cnc3oc(C)c(C)c3c2=O)c(C)c1. The van der Waals surface area contributed by atoms with E-state index in [4.69, 9.17) is 4.42 Å². The molecule has 0 atom stereocenters. The van der Waals surface area contributed by atoms with Gasteiger partial charge in [-0.2, -0.15) is 0 Å². The zero-order valence-electron chi connectivity index (χ0n) is 14.8. The molecule has 0 saturated heterocycles. The van der Waals surface area contributed by atoms with Crippen LogP contribution >= 0.6 is 0 Å². The molecule has 6 nitrogen and oxygen atoms in total. The van der Waals surface area contributed by atoms with E-state index in [0.717, 1.165) is 22.4 Å². The second-order valence-corrected chi connectivity index (χ2v) is 6.32. The molecule has 2 heterocycles. The average Bonchev–Trinajstić information content (AvgIpc) is 2.85. The lowest BCUT2D eigenvalue weighted by Gasteiger charge is -2.10. The Hall–Kier alpha value is -2.89. The van der Waals surface area contributed by atoms with E-state index in [2.05, 4.69) is 10.3 Å². The highest BCUT2D eigenvalue weighted by Crippen LogP contribution is 2.19. The van der Waals surface area contributed by atoms with Gasteiger partial charge in [0.2, 0.25) is 11.6 Å². The Balaban J connectivity index is 1.74. The summed E-state index contributed by atoms with van der Waals surface area (Å²) in [5.41, 5.74) is 3.90. The first-order valence-electron chi connectivity index (χ1n) is 8.19. The summed E-state index contributed by atoms with van der Waals surface area (Å²) in [6, 6.07) is 5.86. The number of nitrogens with one attached hydrogen (secondary N) is 1. The second kappa shape index (κ2) is 6.55. The van der Waals surface area contributed by atoms with Crippen molar-refractivity contribution in [3.63, 3.8) is 0 Å². The van der Waals surface area contributed by atoms with Gasteiger partial charge in [-0.05, 0) is 39.3 Å². The first kappa shape index (κ1) is 17.0. The number of carbonyl (C=O) groups excluding carboxylic acids is 1. The average molecular weight is 339 g/mol. The van der Waals surface area contributed by atoms with Crippen LogP contribution in [0.3, 0.4) is 0 Å². The predicted octanol–water partition coefficient (Wildman–Crippen LogP) is 3.25. The Labute approximate surface area is 145 Å². The number of hydrogen-bond acceptors (Lipinski definition) is 4. The van der Waals surface area contributed by atoms with Gasteiger partial charge in [0, 0.05) is 24.2 Å². The number of anilines is 1. The fraction of sp³-hybridized carbons (Fsp3) is 0.316. The van der Waals surface area contributed by atoms with Crippen molar-refractivity contribution >= 4 is 22.7 Å². The lowest BCUT2D eigenvalue weighted by molar-refractivity contribution is -0.116. The number of nitrogens with zero attached hydrogens (tertiary/aromatic N) is 2. The van der Waals surface area contributed by atoms with Crippen LogP contribution in [0.2, 0.25) is 0 Å². The van der Waals surface area contributed by atoms with Gasteiger partial charge in [0.25, 0.3) is 5.56 Å². The number of aromatic nitrogens is 2. The van der Waals surface area contributed by atoms with E-state index >= 15 is 0 Å². The van der Waals surface area contributed by atoms with Crippen molar-refractivity contribution in [3.8, 4) is 0 Å². The molecule has 0 fully saturated rings. The first-order valence-corrected chi connectivity index (χ1v) is 8.19. The highest BCUT2D eigenvalue weighted by molar-refractivity contribution is 5.91. The van der Waals surface area contributed by atoms with Gasteiger partial charge >= 0.3 is 0 Å². The van der Waals surface area contributed by atoms with Gasteiger partial charge in [0.05, 0.1) is 0 Å². The van der Waals surface area contributed by atoms with Crippen LogP contribution in [0.25, 0.3) is 11.1 Å². The number of rotatable bonds is 4. The fourth-order valence-electron chi connectivity index (χ4n) is 2.82. The molecule has 0 aliphatic heterocycles. The molecule has 0 spiro atoms. The third-order valence-electron chi connectivity index (χ3n) is 4.39. The molecular formula is C19H21N3O3. The van der Waals surface area contributed by atoms with E-state index in [9.17, 15) is 9.59 Å². The monoisotopic (exact) mass is 339 g/mol. The number of fused-ring (bicyclic) bond motifs is 1. The number of carbonyl (C=O) groups is 1. The molecule has 0 saturated carbocycles. The van der Waals surface area contributed by atoms with Gasteiger partial charge in [-0.1, -0.05) is 17.7 Å². The maximum absolute atomic E-state index is 12.6. The third-order valence-corrected chi connectivity index (χ3v) is 4.39. The Morgan fingerprint density at radius 3 is 2.72 bits per heavy atom. The molecule has 0 bridgehead atoms. The molecule has 3 rings (SSSR count). The number of hydrogen-bond donors (Lipinski definition) is 1. The lowest BCUT2D eigenvalue weighted by Crippen LogP contribution is -2.23. The zero-order valence-corrected chi connectivity index (χ0v) is 14.8. The van der Waals surface area contributed by atoms with E-state index in [0.29, 0.717) is 16.9 Å². The summed E-state index contributed by atoms with van der Waals surface area (Å²) in [6.07, 6.45) is 1.62. The summed E-state index contributed by atoms with van der Waals surface area (Å²) < 4.78 is 6.91. The number of benzene rings is 1. The maximum atomic E-state index is 12.6. The standard InChI is InChI=1S/C19H21N3O3/c1-11-5-6-15(12(2)9-11)21-16(23)7-8-22-10-20-18-17(19(22)24)13(3)14(4)25-18/h5-6,9-10H,7-8H2,1-4H3,(H,21,23). The smallest absolute Gasteiger partial charge is 0.264 e. The van der Waals surface area contributed by atoms with Crippen LogP contribution in [0.5, 0.6) is 0 Å². The second-order valence-electron chi connectivity index (χ2n) is 6.32. The summed E-state index contributed by atoms with van der Waals surface area (Å²) in [6.45, 7) is 7.87. The number of furan rings is 1. The van der Waals surface area contributed by atoms with Gasteiger partial charge < -0.3 is 9.73 Å². The molecule has 130 valence electrons. The van der Waals surface area contributed by atoms with Crippen LogP contribution in [-0.2, 0) is 11.3 Å². The molecule has 1 amide bonds. The minimum atomic E-state index is -0.182. The normalized spacial score (nSPS) is 11.0. The zero-order chi connectivity index (χ0) is 18.1. The Bertz CT molecular complexity index is 1010. The van der Waals surface area contributed by atoms with Crippen LogP contribution in [-0.4, -0.2) is 15.5 Å². The first-order chi connectivity index (χ1) is 11.9. The van der Waals surface area contributed by atoms with Crippen molar-refractivity contribution in [2.24, 2.45) is 0 Å². The van der Waals surface area contributed by atoms with Crippen molar-refractivity contribution in [3.05, 3.63) is 57.3 Å². The van der Waals surface area contributed by atoms with Gasteiger partial charge in [0.1, 0.15) is 17.5 Å². The van der Waals surface area contributed by atoms with Gasteiger partial charge in [0.15, 0.2) is 0 Å². The largest absolute Gasteiger partial charge is 0.443 e. The molecule has 0 radical (unpaired) electrons.